The molecule has 1 fully saturated rings. The largest absolute Gasteiger partial charge is 0.385 e. The first kappa shape index (κ1) is 15.3. The highest BCUT2D eigenvalue weighted by Crippen LogP contribution is 2.05. The van der Waals surface area contributed by atoms with Crippen molar-refractivity contribution in [3.05, 3.63) is 0 Å². The lowest BCUT2D eigenvalue weighted by Gasteiger charge is -2.23. The van der Waals surface area contributed by atoms with Crippen LogP contribution in [0.25, 0.3) is 0 Å². The third-order valence-corrected chi connectivity index (χ3v) is 4.27. The predicted molar refractivity (Wildman–Crippen MR) is 60.1 cm³/mol. The fourth-order valence-electron chi connectivity index (χ4n) is 1.60. The Bertz CT molecular complexity index is 388. The second-order valence-electron chi connectivity index (χ2n) is 4.18. The summed E-state index contributed by atoms with van der Waals surface area (Å²) in [5.74, 6) is -0.670. The number of sulfone groups is 1. The van der Waals surface area contributed by atoms with Crippen molar-refractivity contribution in [3.63, 3.8) is 0 Å². The van der Waals surface area contributed by atoms with Crippen LogP contribution in [-0.2, 0) is 14.6 Å². The second-order valence-corrected chi connectivity index (χ2v) is 6.40. The highest BCUT2D eigenvalue weighted by molar-refractivity contribution is 7.91. The van der Waals surface area contributed by atoms with Crippen molar-refractivity contribution >= 4 is 15.7 Å². The van der Waals surface area contributed by atoms with E-state index in [1.54, 1.807) is 0 Å². The Labute approximate surface area is 104 Å². The number of carbonyl (C=O) groups excluding carboxylic acids is 1. The van der Waals surface area contributed by atoms with E-state index >= 15 is 0 Å². The van der Waals surface area contributed by atoms with Crippen LogP contribution in [0.5, 0.6) is 0 Å². The zero-order chi connectivity index (χ0) is 13.8. The van der Waals surface area contributed by atoms with Crippen LogP contribution in [0, 0.1) is 0 Å². The molecule has 0 aromatic heterocycles. The first-order valence-corrected chi connectivity index (χ1v) is 7.29. The maximum Gasteiger partial charge on any atom is 0.265 e. The number of carbonyl (C=O) groups is 1. The Morgan fingerprint density at radius 1 is 1.50 bits per heavy atom. The van der Waals surface area contributed by atoms with Gasteiger partial charge in [-0.2, -0.15) is 0 Å². The molecule has 0 aromatic rings. The Morgan fingerprint density at radius 3 is 2.72 bits per heavy atom. The average molecular weight is 286 g/mol. The molecule has 0 spiro atoms. The van der Waals surface area contributed by atoms with E-state index in [1.807, 2.05) is 0 Å². The van der Waals surface area contributed by atoms with Gasteiger partial charge in [0.1, 0.15) is 6.10 Å². The third kappa shape index (κ3) is 5.23. The zero-order valence-corrected chi connectivity index (χ0v) is 10.4. The van der Waals surface area contributed by atoms with Gasteiger partial charge in [-0.1, -0.05) is 0 Å². The van der Waals surface area contributed by atoms with Gasteiger partial charge in [0.15, 0.2) is 9.84 Å². The van der Waals surface area contributed by atoms with Gasteiger partial charge in [-0.15, -0.1) is 0 Å². The molecule has 0 aliphatic carbocycles. The Morgan fingerprint density at radius 2 is 2.17 bits per heavy atom. The van der Waals surface area contributed by atoms with Crippen LogP contribution in [-0.4, -0.2) is 62.6 Å². The van der Waals surface area contributed by atoms with Crippen molar-refractivity contribution in [2.45, 2.75) is 25.0 Å². The van der Waals surface area contributed by atoms with Crippen LogP contribution in [0.2, 0.25) is 0 Å². The lowest BCUT2D eigenvalue weighted by molar-refractivity contribution is -0.122. The van der Waals surface area contributed by atoms with Crippen molar-refractivity contribution < 1.29 is 27.1 Å². The molecule has 1 rings (SSSR count). The first-order chi connectivity index (χ1) is 8.30. The van der Waals surface area contributed by atoms with E-state index in [2.05, 4.69) is 10.6 Å². The maximum atomic E-state index is 11.9. The SMILES string of the molecule is O=C(CC1CS(=O)(=O)CCN1)NCC(O)C(F)F. The van der Waals surface area contributed by atoms with Gasteiger partial charge in [0.25, 0.3) is 6.43 Å². The van der Waals surface area contributed by atoms with Gasteiger partial charge in [-0.25, -0.2) is 17.2 Å². The van der Waals surface area contributed by atoms with E-state index in [1.165, 1.54) is 0 Å². The molecule has 0 radical (unpaired) electrons. The van der Waals surface area contributed by atoms with Crippen LogP contribution in [0.4, 0.5) is 8.78 Å². The molecule has 2 atom stereocenters. The van der Waals surface area contributed by atoms with Crippen LogP contribution in [0.3, 0.4) is 0 Å². The molecule has 1 aliphatic heterocycles. The normalized spacial score (nSPS) is 24.8. The maximum absolute atomic E-state index is 11.9. The molecule has 106 valence electrons. The average Bonchev–Trinajstić information content (AvgIpc) is 2.24. The summed E-state index contributed by atoms with van der Waals surface area (Å²) in [6.45, 7) is -0.268. The molecule has 9 heteroatoms. The lowest BCUT2D eigenvalue weighted by Crippen LogP contribution is -2.48. The molecular weight excluding hydrogens is 270 g/mol. The summed E-state index contributed by atoms with van der Waals surface area (Å²) < 4.78 is 46.5. The number of hydrogen-bond acceptors (Lipinski definition) is 5. The van der Waals surface area contributed by atoms with E-state index in [0.717, 1.165) is 0 Å². The number of aliphatic hydroxyl groups excluding tert-OH is 1. The van der Waals surface area contributed by atoms with Crippen LogP contribution in [0.1, 0.15) is 6.42 Å². The van der Waals surface area contributed by atoms with Gasteiger partial charge in [-0.3, -0.25) is 4.79 Å². The van der Waals surface area contributed by atoms with Crippen molar-refractivity contribution in [3.8, 4) is 0 Å². The van der Waals surface area contributed by atoms with Crippen LogP contribution >= 0.6 is 0 Å². The summed E-state index contributed by atoms with van der Waals surface area (Å²) >= 11 is 0. The quantitative estimate of drug-likeness (QED) is 0.572. The minimum Gasteiger partial charge on any atom is -0.385 e. The van der Waals surface area contributed by atoms with E-state index in [-0.39, 0.29) is 24.5 Å². The molecule has 2 unspecified atom stereocenters. The van der Waals surface area contributed by atoms with Crippen molar-refractivity contribution in [1.29, 1.82) is 0 Å². The molecule has 0 bridgehead atoms. The fraction of sp³-hybridized carbons (Fsp3) is 0.889. The van der Waals surface area contributed by atoms with Gasteiger partial charge < -0.3 is 15.7 Å². The number of amides is 1. The van der Waals surface area contributed by atoms with Crippen molar-refractivity contribution in [2.24, 2.45) is 0 Å². The summed E-state index contributed by atoms with van der Waals surface area (Å²) in [4.78, 5) is 11.3. The minimum atomic E-state index is -3.13. The Kier molecular flexibility index (Phi) is 5.42. The molecule has 1 amide bonds. The smallest absolute Gasteiger partial charge is 0.265 e. The second kappa shape index (κ2) is 6.39. The van der Waals surface area contributed by atoms with E-state index in [4.69, 9.17) is 5.11 Å². The fourth-order valence-corrected chi connectivity index (χ4v) is 3.05. The number of hydrogen-bond donors (Lipinski definition) is 3. The molecule has 1 aliphatic rings. The van der Waals surface area contributed by atoms with Gasteiger partial charge in [-0.05, 0) is 0 Å². The molecular formula is C9H16F2N2O4S. The van der Waals surface area contributed by atoms with Crippen molar-refractivity contribution in [1.82, 2.24) is 10.6 Å². The highest BCUT2D eigenvalue weighted by Gasteiger charge is 2.26. The summed E-state index contributed by atoms with van der Waals surface area (Å²) in [6, 6.07) is -0.507. The monoisotopic (exact) mass is 286 g/mol. The highest BCUT2D eigenvalue weighted by atomic mass is 32.2. The third-order valence-electron chi connectivity index (χ3n) is 2.53. The summed E-state index contributed by atoms with van der Waals surface area (Å²) in [7, 11) is -3.13. The van der Waals surface area contributed by atoms with E-state index < -0.39 is 40.9 Å². The number of aliphatic hydroxyl groups is 1. The molecule has 6 nitrogen and oxygen atoms in total. The van der Waals surface area contributed by atoms with Crippen LogP contribution in [0.15, 0.2) is 0 Å². The number of halogens is 2. The standard InChI is InChI=1S/C9H16F2N2O4S/c10-9(11)7(14)4-13-8(15)3-6-5-18(16,17)2-1-12-6/h6-7,9,12,14H,1-5H2,(H,13,15). The summed E-state index contributed by atoms with van der Waals surface area (Å²) in [6.07, 6.45) is -4.94. The Balaban J connectivity index is 2.32. The zero-order valence-electron chi connectivity index (χ0n) is 9.60. The topological polar surface area (TPSA) is 95.5 Å². The van der Waals surface area contributed by atoms with Crippen LogP contribution < -0.4 is 10.6 Å². The molecule has 0 saturated carbocycles. The summed E-state index contributed by atoms with van der Waals surface area (Å²) in [5.41, 5.74) is 0. The van der Waals surface area contributed by atoms with Gasteiger partial charge >= 0.3 is 0 Å². The molecule has 1 saturated heterocycles. The number of alkyl halides is 2. The van der Waals surface area contributed by atoms with Gasteiger partial charge in [0.05, 0.1) is 11.5 Å². The van der Waals surface area contributed by atoms with Gasteiger partial charge in [0, 0.05) is 25.6 Å². The van der Waals surface area contributed by atoms with Crippen molar-refractivity contribution in [2.75, 3.05) is 24.6 Å². The molecule has 1 heterocycles. The van der Waals surface area contributed by atoms with Gasteiger partial charge in [0.2, 0.25) is 5.91 Å². The minimum absolute atomic E-state index is 0.0369. The lowest BCUT2D eigenvalue weighted by atomic mass is 10.2. The van der Waals surface area contributed by atoms with E-state index in [9.17, 15) is 22.0 Å². The molecule has 3 N–H and O–H groups in total. The van der Waals surface area contributed by atoms with E-state index in [0.29, 0.717) is 0 Å². The number of rotatable bonds is 5. The number of nitrogens with one attached hydrogen (secondary N) is 2. The molecule has 0 aromatic carbocycles. The molecule has 18 heavy (non-hydrogen) atoms. The first-order valence-electron chi connectivity index (χ1n) is 5.47. The predicted octanol–water partition coefficient (Wildman–Crippen LogP) is -1.49. The summed E-state index contributed by atoms with van der Waals surface area (Å²) in [5, 5.41) is 13.8. The Hall–Kier alpha value is -0.800.